The van der Waals surface area contributed by atoms with Crippen molar-refractivity contribution in [1.82, 2.24) is 5.32 Å². The number of nitrogens with zero attached hydrogens (tertiary/aromatic N) is 1. The Bertz CT molecular complexity index is 535. The molecule has 0 aliphatic carbocycles. The summed E-state index contributed by atoms with van der Waals surface area (Å²) in [4.78, 5) is 11.9. The van der Waals surface area contributed by atoms with Gasteiger partial charge in [0, 0.05) is 18.4 Å². The standard InChI is InChI=1S/C15H19N3O3/c1-12-3-2-4-14(9-12)18-15(20)13(10-16)11-17-5-7-21-8-6-19/h2-4,9,11,17,19H,5-8H2,1H3,(H,18,20)/b13-11-. The molecule has 1 rings (SSSR count). The van der Waals surface area contributed by atoms with Crippen LogP contribution in [0.3, 0.4) is 0 Å². The first-order chi connectivity index (χ1) is 10.2. The van der Waals surface area contributed by atoms with Crippen molar-refractivity contribution in [3.05, 3.63) is 41.6 Å². The van der Waals surface area contributed by atoms with E-state index in [1.54, 1.807) is 6.07 Å². The number of amides is 1. The first kappa shape index (κ1) is 16.7. The molecule has 0 aromatic heterocycles. The van der Waals surface area contributed by atoms with Crippen molar-refractivity contribution >= 4 is 11.6 Å². The van der Waals surface area contributed by atoms with E-state index in [0.29, 0.717) is 18.8 Å². The van der Waals surface area contributed by atoms with Crippen molar-refractivity contribution in [1.29, 1.82) is 5.26 Å². The second-order valence-electron chi connectivity index (χ2n) is 4.28. The van der Waals surface area contributed by atoms with Crippen molar-refractivity contribution < 1.29 is 14.6 Å². The second kappa shape index (κ2) is 9.53. The van der Waals surface area contributed by atoms with Crippen LogP contribution in [0.4, 0.5) is 5.69 Å². The summed E-state index contributed by atoms with van der Waals surface area (Å²) in [5.41, 5.74) is 1.65. The van der Waals surface area contributed by atoms with Crippen LogP contribution >= 0.6 is 0 Å². The third-order valence-corrected chi connectivity index (χ3v) is 2.51. The maximum atomic E-state index is 11.9. The maximum Gasteiger partial charge on any atom is 0.267 e. The molecule has 0 heterocycles. The van der Waals surface area contributed by atoms with Gasteiger partial charge in [-0.05, 0) is 24.6 Å². The van der Waals surface area contributed by atoms with Gasteiger partial charge in [-0.2, -0.15) is 5.26 Å². The largest absolute Gasteiger partial charge is 0.394 e. The molecule has 112 valence electrons. The molecule has 0 radical (unpaired) electrons. The third-order valence-electron chi connectivity index (χ3n) is 2.51. The zero-order valence-corrected chi connectivity index (χ0v) is 11.9. The van der Waals surface area contributed by atoms with Crippen LogP contribution in [0, 0.1) is 18.3 Å². The predicted molar refractivity (Wildman–Crippen MR) is 79.4 cm³/mol. The number of nitriles is 1. The normalized spacial score (nSPS) is 10.8. The lowest BCUT2D eigenvalue weighted by atomic mass is 10.2. The van der Waals surface area contributed by atoms with E-state index in [1.807, 2.05) is 31.2 Å². The van der Waals surface area contributed by atoms with Crippen LogP contribution in [0.1, 0.15) is 5.56 Å². The fourth-order valence-electron chi connectivity index (χ4n) is 1.54. The Balaban J connectivity index is 2.47. The molecule has 3 N–H and O–H groups in total. The number of aliphatic hydroxyl groups is 1. The number of aryl methyl sites for hydroxylation is 1. The van der Waals surface area contributed by atoms with Crippen LogP contribution in [0.2, 0.25) is 0 Å². The first-order valence-electron chi connectivity index (χ1n) is 6.57. The highest BCUT2D eigenvalue weighted by Crippen LogP contribution is 2.10. The molecule has 1 amide bonds. The summed E-state index contributed by atoms with van der Waals surface area (Å²) < 4.78 is 5.04. The van der Waals surface area contributed by atoms with Gasteiger partial charge in [-0.15, -0.1) is 0 Å². The van der Waals surface area contributed by atoms with E-state index in [4.69, 9.17) is 15.1 Å². The molecule has 6 heteroatoms. The molecule has 21 heavy (non-hydrogen) atoms. The van der Waals surface area contributed by atoms with E-state index in [1.165, 1.54) is 6.20 Å². The smallest absolute Gasteiger partial charge is 0.267 e. The van der Waals surface area contributed by atoms with Gasteiger partial charge in [0.2, 0.25) is 0 Å². The zero-order chi connectivity index (χ0) is 15.5. The lowest BCUT2D eigenvalue weighted by molar-refractivity contribution is -0.112. The van der Waals surface area contributed by atoms with Crippen molar-refractivity contribution in [2.24, 2.45) is 0 Å². The minimum absolute atomic E-state index is 0.0151. The van der Waals surface area contributed by atoms with E-state index >= 15 is 0 Å². The molecular weight excluding hydrogens is 270 g/mol. The Morgan fingerprint density at radius 2 is 2.29 bits per heavy atom. The number of aliphatic hydroxyl groups excluding tert-OH is 1. The molecule has 0 atom stereocenters. The van der Waals surface area contributed by atoms with Crippen molar-refractivity contribution in [2.45, 2.75) is 6.92 Å². The number of hydrogen-bond donors (Lipinski definition) is 3. The van der Waals surface area contributed by atoms with Gasteiger partial charge in [0.1, 0.15) is 11.6 Å². The van der Waals surface area contributed by atoms with Crippen molar-refractivity contribution in [2.75, 3.05) is 31.7 Å². The van der Waals surface area contributed by atoms with Crippen LogP contribution < -0.4 is 10.6 Å². The maximum absolute atomic E-state index is 11.9. The highest BCUT2D eigenvalue weighted by molar-refractivity contribution is 6.06. The number of anilines is 1. The molecule has 0 saturated heterocycles. The van der Waals surface area contributed by atoms with E-state index in [-0.39, 0.29) is 18.8 Å². The number of ether oxygens (including phenoxy) is 1. The molecule has 0 aliphatic rings. The van der Waals surface area contributed by atoms with Gasteiger partial charge in [-0.25, -0.2) is 0 Å². The predicted octanol–water partition coefficient (Wildman–Crippen LogP) is 0.939. The molecule has 0 bridgehead atoms. The van der Waals surface area contributed by atoms with Crippen LogP contribution in [-0.4, -0.2) is 37.4 Å². The topological polar surface area (TPSA) is 94.4 Å². The number of carbonyl (C=O) groups excluding carboxylic acids is 1. The van der Waals surface area contributed by atoms with Crippen LogP contribution in [0.25, 0.3) is 0 Å². The molecule has 1 aromatic carbocycles. The van der Waals surface area contributed by atoms with E-state index in [2.05, 4.69) is 10.6 Å². The number of carbonyl (C=O) groups is 1. The van der Waals surface area contributed by atoms with E-state index < -0.39 is 5.91 Å². The van der Waals surface area contributed by atoms with E-state index in [9.17, 15) is 4.79 Å². The number of benzene rings is 1. The summed E-state index contributed by atoms with van der Waals surface area (Å²) in [6, 6.07) is 9.18. The molecular formula is C15H19N3O3. The third kappa shape index (κ3) is 6.56. The van der Waals surface area contributed by atoms with Crippen LogP contribution in [0.15, 0.2) is 36.0 Å². The molecule has 0 unspecified atom stereocenters. The van der Waals surface area contributed by atoms with Gasteiger partial charge >= 0.3 is 0 Å². The Labute approximate surface area is 124 Å². The summed E-state index contributed by atoms with van der Waals surface area (Å²) in [7, 11) is 0. The Morgan fingerprint density at radius 1 is 1.48 bits per heavy atom. The van der Waals surface area contributed by atoms with Gasteiger partial charge in [-0.1, -0.05) is 12.1 Å². The minimum atomic E-state index is -0.466. The quantitative estimate of drug-likeness (QED) is 0.376. The lowest BCUT2D eigenvalue weighted by Gasteiger charge is -2.06. The zero-order valence-electron chi connectivity index (χ0n) is 11.9. The molecule has 0 spiro atoms. The van der Waals surface area contributed by atoms with Crippen LogP contribution in [0.5, 0.6) is 0 Å². The average Bonchev–Trinajstić information content (AvgIpc) is 2.46. The van der Waals surface area contributed by atoms with Gasteiger partial charge in [0.25, 0.3) is 5.91 Å². The van der Waals surface area contributed by atoms with Crippen LogP contribution in [-0.2, 0) is 9.53 Å². The average molecular weight is 289 g/mol. The Hall–Kier alpha value is -2.36. The molecule has 1 aromatic rings. The van der Waals surface area contributed by atoms with Gasteiger partial charge in [0.05, 0.1) is 19.8 Å². The summed E-state index contributed by atoms with van der Waals surface area (Å²) in [6.07, 6.45) is 1.35. The summed E-state index contributed by atoms with van der Waals surface area (Å²) in [5.74, 6) is -0.466. The van der Waals surface area contributed by atoms with E-state index in [0.717, 1.165) is 5.56 Å². The monoisotopic (exact) mass is 289 g/mol. The van der Waals surface area contributed by atoms with Gasteiger partial charge in [0.15, 0.2) is 0 Å². The van der Waals surface area contributed by atoms with Gasteiger partial charge < -0.3 is 20.5 Å². The number of rotatable bonds is 8. The summed E-state index contributed by atoms with van der Waals surface area (Å²) in [5, 5.41) is 23.0. The fourth-order valence-corrected chi connectivity index (χ4v) is 1.54. The summed E-state index contributed by atoms with van der Waals surface area (Å²) >= 11 is 0. The Morgan fingerprint density at radius 3 is 2.95 bits per heavy atom. The number of nitrogens with one attached hydrogen (secondary N) is 2. The molecule has 6 nitrogen and oxygen atoms in total. The SMILES string of the molecule is Cc1cccc(NC(=O)/C(C#N)=C\NCCOCCO)c1. The molecule has 0 saturated carbocycles. The minimum Gasteiger partial charge on any atom is -0.394 e. The highest BCUT2D eigenvalue weighted by Gasteiger charge is 2.08. The number of hydrogen-bond acceptors (Lipinski definition) is 5. The van der Waals surface area contributed by atoms with Crippen molar-refractivity contribution in [3.8, 4) is 6.07 Å². The second-order valence-corrected chi connectivity index (χ2v) is 4.28. The van der Waals surface area contributed by atoms with Gasteiger partial charge in [-0.3, -0.25) is 4.79 Å². The fraction of sp³-hybridized carbons (Fsp3) is 0.333. The molecule has 0 fully saturated rings. The Kier molecular flexibility index (Phi) is 7.58. The highest BCUT2D eigenvalue weighted by atomic mass is 16.5. The van der Waals surface area contributed by atoms with Crippen molar-refractivity contribution in [3.63, 3.8) is 0 Å². The summed E-state index contributed by atoms with van der Waals surface area (Å²) in [6.45, 7) is 2.99. The molecule has 0 aliphatic heterocycles. The first-order valence-corrected chi connectivity index (χ1v) is 6.57. The lowest BCUT2D eigenvalue weighted by Crippen LogP contribution is -2.19.